The summed E-state index contributed by atoms with van der Waals surface area (Å²) in [6.45, 7) is 2.55. The number of amides is 1. The second-order valence-corrected chi connectivity index (χ2v) is 5.45. The molecule has 3 aromatic carbocycles. The molecule has 0 aliphatic carbocycles. The van der Waals surface area contributed by atoms with Crippen LogP contribution in [0.1, 0.15) is 17.3 Å². The van der Waals surface area contributed by atoms with Gasteiger partial charge in [0, 0.05) is 11.4 Å². The Kier molecular flexibility index (Phi) is 5.32. The number of anilines is 3. The summed E-state index contributed by atoms with van der Waals surface area (Å²) in [5.41, 5.74) is 3.00. The number of carbonyl (C=O) groups is 1. The maximum Gasteiger partial charge on any atom is 0.257 e. The van der Waals surface area contributed by atoms with Gasteiger partial charge in [0.25, 0.3) is 5.91 Å². The Balaban J connectivity index is 1.76. The summed E-state index contributed by atoms with van der Waals surface area (Å²) in [6, 6.07) is 24.6. The second-order valence-electron chi connectivity index (χ2n) is 5.45. The van der Waals surface area contributed by atoms with Crippen LogP contribution in [0.5, 0.6) is 5.75 Å². The lowest BCUT2D eigenvalue weighted by molar-refractivity contribution is 0.102. The molecule has 25 heavy (non-hydrogen) atoms. The van der Waals surface area contributed by atoms with Crippen LogP contribution in [-0.2, 0) is 0 Å². The third-order valence-corrected chi connectivity index (χ3v) is 3.65. The smallest absolute Gasteiger partial charge is 0.257 e. The van der Waals surface area contributed by atoms with Crippen molar-refractivity contribution in [2.75, 3.05) is 17.2 Å². The molecule has 0 spiro atoms. The van der Waals surface area contributed by atoms with E-state index < -0.39 is 0 Å². The molecule has 0 saturated heterocycles. The molecule has 1 amide bonds. The van der Waals surface area contributed by atoms with E-state index in [-0.39, 0.29) is 5.91 Å². The Morgan fingerprint density at radius 1 is 0.840 bits per heavy atom. The van der Waals surface area contributed by atoms with Gasteiger partial charge >= 0.3 is 0 Å². The Labute approximate surface area is 147 Å². The van der Waals surface area contributed by atoms with Crippen molar-refractivity contribution in [3.05, 3.63) is 84.4 Å². The fourth-order valence-electron chi connectivity index (χ4n) is 2.47. The van der Waals surface area contributed by atoms with Gasteiger partial charge in [-0.05, 0) is 55.5 Å². The van der Waals surface area contributed by atoms with E-state index in [1.54, 1.807) is 6.07 Å². The van der Waals surface area contributed by atoms with Gasteiger partial charge < -0.3 is 15.4 Å². The molecule has 0 heterocycles. The number of nitrogens with one attached hydrogen (secondary N) is 2. The zero-order valence-electron chi connectivity index (χ0n) is 14.0. The largest absolute Gasteiger partial charge is 0.494 e. The fraction of sp³-hybridized carbons (Fsp3) is 0.0952. The van der Waals surface area contributed by atoms with Crippen molar-refractivity contribution in [1.29, 1.82) is 0 Å². The molecule has 0 aliphatic heterocycles. The number of hydrogen-bond acceptors (Lipinski definition) is 3. The maximum absolute atomic E-state index is 12.7. The minimum absolute atomic E-state index is 0.164. The van der Waals surface area contributed by atoms with Crippen molar-refractivity contribution in [2.45, 2.75) is 6.92 Å². The zero-order chi connectivity index (χ0) is 17.5. The van der Waals surface area contributed by atoms with Crippen LogP contribution in [0.2, 0.25) is 0 Å². The lowest BCUT2D eigenvalue weighted by Gasteiger charge is -2.12. The summed E-state index contributed by atoms with van der Waals surface area (Å²) in [4.78, 5) is 12.7. The van der Waals surface area contributed by atoms with E-state index in [1.165, 1.54) is 0 Å². The first-order chi connectivity index (χ1) is 12.3. The summed E-state index contributed by atoms with van der Waals surface area (Å²) >= 11 is 0. The summed E-state index contributed by atoms with van der Waals surface area (Å²) in [6.07, 6.45) is 0. The molecular weight excluding hydrogens is 312 g/mol. The number of para-hydroxylation sites is 2. The first kappa shape index (κ1) is 16.6. The third-order valence-electron chi connectivity index (χ3n) is 3.65. The van der Waals surface area contributed by atoms with Crippen LogP contribution in [0.25, 0.3) is 0 Å². The van der Waals surface area contributed by atoms with Crippen molar-refractivity contribution in [2.24, 2.45) is 0 Å². The van der Waals surface area contributed by atoms with Gasteiger partial charge in [-0.2, -0.15) is 0 Å². The highest BCUT2D eigenvalue weighted by Gasteiger charge is 2.11. The van der Waals surface area contributed by atoms with Crippen LogP contribution in [0.15, 0.2) is 78.9 Å². The molecule has 0 radical (unpaired) electrons. The Morgan fingerprint density at radius 3 is 2.24 bits per heavy atom. The highest BCUT2D eigenvalue weighted by molar-refractivity contribution is 6.08. The molecule has 126 valence electrons. The highest BCUT2D eigenvalue weighted by atomic mass is 16.5. The topological polar surface area (TPSA) is 50.4 Å². The maximum atomic E-state index is 12.7. The first-order valence-corrected chi connectivity index (χ1v) is 8.21. The van der Waals surface area contributed by atoms with Crippen LogP contribution in [-0.4, -0.2) is 12.5 Å². The van der Waals surface area contributed by atoms with E-state index in [1.807, 2.05) is 79.7 Å². The van der Waals surface area contributed by atoms with Crippen LogP contribution < -0.4 is 15.4 Å². The predicted molar refractivity (Wildman–Crippen MR) is 102 cm³/mol. The van der Waals surface area contributed by atoms with Crippen molar-refractivity contribution < 1.29 is 9.53 Å². The molecule has 4 nitrogen and oxygen atoms in total. The molecular formula is C21H20N2O2. The second kappa shape index (κ2) is 8.02. The van der Waals surface area contributed by atoms with E-state index in [9.17, 15) is 4.79 Å². The minimum Gasteiger partial charge on any atom is -0.494 e. The molecule has 0 aliphatic rings. The molecule has 0 aromatic heterocycles. The summed E-state index contributed by atoms with van der Waals surface area (Å²) < 4.78 is 5.41. The molecule has 3 aromatic rings. The summed E-state index contributed by atoms with van der Waals surface area (Å²) in [5.74, 6) is 0.620. The standard InChI is InChI=1S/C21H20N2O2/c1-2-25-18-14-12-17(13-15-18)23-21(24)19-10-6-7-11-20(19)22-16-8-4-3-5-9-16/h3-15,22H,2H2,1H3,(H,23,24). The van der Waals surface area contributed by atoms with Gasteiger partial charge in [0.2, 0.25) is 0 Å². The monoisotopic (exact) mass is 332 g/mol. The fourth-order valence-corrected chi connectivity index (χ4v) is 2.47. The molecule has 3 rings (SSSR count). The van der Waals surface area contributed by atoms with Gasteiger partial charge in [-0.3, -0.25) is 4.79 Å². The average molecular weight is 332 g/mol. The van der Waals surface area contributed by atoms with Gasteiger partial charge in [-0.1, -0.05) is 30.3 Å². The molecule has 0 saturated carbocycles. The summed E-state index contributed by atoms with van der Waals surface area (Å²) in [5, 5.41) is 6.20. The number of rotatable bonds is 6. The molecule has 0 fully saturated rings. The quantitative estimate of drug-likeness (QED) is 0.662. The van der Waals surface area contributed by atoms with E-state index >= 15 is 0 Å². The Morgan fingerprint density at radius 2 is 1.52 bits per heavy atom. The Hall–Kier alpha value is -3.27. The number of benzene rings is 3. The van der Waals surface area contributed by atoms with Crippen LogP contribution in [0.4, 0.5) is 17.1 Å². The van der Waals surface area contributed by atoms with Crippen molar-refractivity contribution in [3.63, 3.8) is 0 Å². The van der Waals surface area contributed by atoms with Crippen LogP contribution >= 0.6 is 0 Å². The predicted octanol–water partition coefficient (Wildman–Crippen LogP) is 5.08. The van der Waals surface area contributed by atoms with Crippen LogP contribution in [0.3, 0.4) is 0 Å². The number of hydrogen-bond donors (Lipinski definition) is 2. The van der Waals surface area contributed by atoms with Crippen LogP contribution in [0, 0.1) is 0 Å². The van der Waals surface area contributed by atoms with E-state index in [0.29, 0.717) is 12.2 Å². The van der Waals surface area contributed by atoms with Gasteiger partial charge in [0.15, 0.2) is 0 Å². The SMILES string of the molecule is CCOc1ccc(NC(=O)c2ccccc2Nc2ccccc2)cc1. The third kappa shape index (κ3) is 4.38. The molecule has 2 N–H and O–H groups in total. The minimum atomic E-state index is -0.164. The average Bonchev–Trinajstić information content (AvgIpc) is 2.65. The number of ether oxygens (including phenoxy) is 1. The lowest BCUT2D eigenvalue weighted by Crippen LogP contribution is -2.13. The highest BCUT2D eigenvalue weighted by Crippen LogP contribution is 2.22. The van der Waals surface area contributed by atoms with E-state index in [0.717, 1.165) is 22.8 Å². The first-order valence-electron chi connectivity index (χ1n) is 8.21. The molecule has 4 heteroatoms. The molecule has 0 bridgehead atoms. The number of carbonyl (C=O) groups excluding carboxylic acids is 1. The van der Waals surface area contributed by atoms with Gasteiger partial charge in [0.05, 0.1) is 17.9 Å². The lowest BCUT2D eigenvalue weighted by atomic mass is 10.1. The van der Waals surface area contributed by atoms with E-state index in [2.05, 4.69) is 10.6 Å². The van der Waals surface area contributed by atoms with Crippen molar-refractivity contribution >= 4 is 23.0 Å². The van der Waals surface area contributed by atoms with Gasteiger partial charge in [-0.15, -0.1) is 0 Å². The van der Waals surface area contributed by atoms with Crippen molar-refractivity contribution in [1.82, 2.24) is 0 Å². The van der Waals surface area contributed by atoms with E-state index in [4.69, 9.17) is 4.74 Å². The normalized spacial score (nSPS) is 10.1. The summed E-state index contributed by atoms with van der Waals surface area (Å²) in [7, 11) is 0. The van der Waals surface area contributed by atoms with Gasteiger partial charge in [0.1, 0.15) is 5.75 Å². The Bertz CT molecular complexity index is 830. The van der Waals surface area contributed by atoms with Crippen molar-refractivity contribution in [3.8, 4) is 5.75 Å². The molecule has 0 unspecified atom stereocenters. The zero-order valence-corrected chi connectivity index (χ0v) is 14.0. The molecule has 0 atom stereocenters. The van der Waals surface area contributed by atoms with Gasteiger partial charge in [-0.25, -0.2) is 0 Å².